The van der Waals surface area contributed by atoms with E-state index in [0.717, 1.165) is 22.6 Å². The minimum atomic E-state index is -0.595. The number of nitro groups is 1. The predicted molar refractivity (Wildman–Crippen MR) is 126 cm³/mol. The van der Waals surface area contributed by atoms with Crippen molar-refractivity contribution in [1.82, 2.24) is 15.2 Å². The molecule has 0 bridgehead atoms. The Morgan fingerprint density at radius 2 is 2.15 bits per heavy atom. The summed E-state index contributed by atoms with van der Waals surface area (Å²) < 4.78 is 13.0. The Morgan fingerprint density at radius 3 is 2.82 bits per heavy atom. The number of hydrogen-bond acceptors (Lipinski definition) is 7. The maximum Gasteiger partial charge on any atom is 0.307 e. The second-order valence-corrected chi connectivity index (χ2v) is 8.20. The molecule has 3 aromatic rings. The molecule has 13 heteroatoms. The van der Waals surface area contributed by atoms with Gasteiger partial charge in [0.15, 0.2) is 11.5 Å². The summed E-state index contributed by atoms with van der Waals surface area (Å²) in [5.74, 6) is 0.395. The summed E-state index contributed by atoms with van der Waals surface area (Å²) in [4.78, 5) is 22.0. The molecule has 0 aliphatic rings. The summed E-state index contributed by atoms with van der Waals surface area (Å²) in [6.07, 6.45) is 3.63. The van der Waals surface area contributed by atoms with E-state index in [1.807, 2.05) is 0 Å². The fourth-order valence-electron chi connectivity index (χ4n) is 2.64. The highest BCUT2D eigenvalue weighted by atomic mass is 79.9. The Bertz CT molecular complexity index is 1220. The lowest BCUT2D eigenvalue weighted by Crippen LogP contribution is -2.23. The number of hydrogen-bond donors (Lipinski definition) is 1. The highest BCUT2D eigenvalue weighted by molar-refractivity contribution is 9.10. The molecule has 0 spiro atoms. The van der Waals surface area contributed by atoms with Gasteiger partial charge in [0.2, 0.25) is 0 Å². The minimum Gasteiger partial charge on any atom is -0.493 e. The topological polar surface area (TPSA) is 121 Å². The molecule has 0 unspecified atom stereocenters. The van der Waals surface area contributed by atoms with Crippen molar-refractivity contribution in [3.8, 4) is 11.5 Å². The first-order valence-electron chi connectivity index (χ1n) is 9.20. The molecule has 1 heterocycles. The third-order valence-electron chi connectivity index (χ3n) is 4.18. The van der Waals surface area contributed by atoms with Crippen molar-refractivity contribution in [2.45, 2.75) is 13.2 Å². The molecule has 1 amide bonds. The Kier molecular flexibility index (Phi) is 8.26. The largest absolute Gasteiger partial charge is 0.493 e. The SMILES string of the molecule is COc1cc(/C=N/NC(=O)Cn2cc([N+](=O)[O-])cn2)cc(Br)c1OCc1ccc(Cl)cc1Cl. The van der Waals surface area contributed by atoms with Crippen LogP contribution in [-0.4, -0.2) is 33.9 Å². The Balaban J connectivity index is 1.63. The molecule has 0 saturated carbocycles. The highest BCUT2D eigenvalue weighted by Gasteiger charge is 2.13. The molecular formula is C20H16BrCl2N5O5. The van der Waals surface area contributed by atoms with Crippen molar-refractivity contribution in [3.05, 3.63) is 78.5 Å². The normalized spacial score (nSPS) is 10.9. The average molecular weight is 557 g/mol. The minimum absolute atomic E-state index is 0.194. The standard InChI is InChI=1S/C20H16BrCl2N5O5/c1-32-18-5-12(7-24-26-19(29)10-27-9-15(8-25-27)28(30)31)4-16(21)20(18)33-11-13-2-3-14(22)6-17(13)23/h2-9H,10-11H2,1H3,(H,26,29)/b24-7+. The van der Waals surface area contributed by atoms with Crippen molar-refractivity contribution in [1.29, 1.82) is 0 Å². The molecule has 3 rings (SSSR count). The first-order valence-corrected chi connectivity index (χ1v) is 10.7. The van der Waals surface area contributed by atoms with E-state index < -0.39 is 10.8 Å². The second kappa shape index (κ2) is 11.1. The van der Waals surface area contributed by atoms with Crippen LogP contribution in [0.3, 0.4) is 0 Å². The number of ether oxygens (including phenoxy) is 2. The third-order valence-corrected chi connectivity index (χ3v) is 5.35. The van der Waals surface area contributed by atoms with Crippen molar-refractivity contribution in [2.75, 3.05) is 7.11 Å². The van der Waals surface area contributed by atoms with Crippen molar-refractivity contribution in [2.24, 2.45) is 5.10 Å². The molecule has 0 atom stereocenters. The van der Waals surface area contributed by atoms with Gasteiger partial charge >= 0.3 is 5.69 Å². The Morgan fingerprint density at radius 1 is 1.36 bits per heavy atom. The molecule has 2 aromatic carbocycles. The quantitative estimate of drug-likeness (QED) is 0.233. The molecule has 172 valence electrons. The van der Waals surface area contributed by atoms with Gasteiger partial charge in [-0.1, -0.05) is 29.3 Å². The van der Waals surface area contributed by atoms with Gasteiger partial charge in [-0.3, -0.25) is 19.6 Å². The number of nitrogens with zero attached hydrogens (tertiary/aromatic N) is 4. The van der Waals surface area contributed by atoms with E-state index in [1.165, 1.54) is 13.3 Å². The number of carbonyl (C=O) groups is 1. The van der Waals surface area contributed by atoms with Crippen LogP contribution in [0.15, 0.2) is 52.3 Å². The van der Waals surface area contributed by atoms with Gasteiger partial charge in [-0.15, -0.1) is 0 Å². The number of amides is 1. The second-order valence-electron chi connectivity index (χ2n) is 6.50. The van der Waals surface area contributed by atoms with Crippen LogP contribution >= 0.6 is 39.1 Å². The van der Waals surface area contributed by atoms with Gasteiger partial charge in [0.05, 0.1) is 22.7 Å². The lowest BCUT2D eigenvalue weighted by molar-refractivity contribution is -0.385. The lowest BCUT2D eigenvalue weighted by atomic mass is 10.2. The molecular weight excluding hydrogens is 541 g/mol. The predicted octanol–water partition coefficient (Wildman–Crippen LogP) is 4.60. The van der Waals surface area contributed by atoms with Gasteiger partial charge in [0, 0.05) is 15.6 Å². The number of rotatable bonds is 9. The number of halogens is 3. The van der Waals surface area contributed by atoms with E-state index in [4.69, 9.17) is 32.7 Å². The van der Waals surface area contributed by atoms with E-state index in [-0.39, 0.29) is 18.8 Å². The highest BCUT2D eigenvalue weighted by Crippen LogP contribution is 2.37. The molecule has 0 aliphatic carbocycles. The first-order chi connectivity index (χ1) is 15.8. The van der Waals surface area contributed by atoms with Crippen molar-refractivity contribution >= 4 is 56.9 Å². The Labute approximate surface area is 206 Å². The van der Waals surface area contributed by atoms with Gasteiger partial charge in [0.1, 0.15) is 25.5 Å². The van der Waals surface area contributed by atoms with Crippen LogP contribution in [0.5, 0.6) is 11.5 Å². The van der Waals surface area contributed by atoms with E-state index in [0.29, 0.717) is 31.6 Å². The number of carbonyl (C=O) groups excluding carboxylic acids is 1. The molecule has 1 aromatic heterocycles. The maximum atomic E-state index is 12.0. The van der Waals surface area contributed by atoms with Crippen LogP contribution in [0.4, 0.5) is 5.69 Å². The molecule has 0 saturated heterocycles. The molecule has 0 aliphatic heterocycles. The smallest absolute Gasteiger partial charge is 0.307 e. The van der Waals surface area contributed by atoms with Gasteiger partial charge in [-0.05, 0) is 45.8 Å². The van der Waals surface area contributed by atoms with E-state index in [2.05, 4.69) is 31.6 Å². The van der Waals surface area contributed by atoms with Crippen LogP contribution in [0.2, 0.25) is 10.0 Å². The van der Waals surface area contributed by atoms with Crippen molar-refractivity contribution < 1.29 is 19.2 Å². The average Bonchev–Trinajstić information content (AvgIpc) is 3.22. The zero-order valence-corrected chi connectivity index (χ0v) is 20.1. The van der Waals surface area contributed by atoms with Gasteiger partial charge in [-0.25, -0.2) is 5.43 Å². The zero-order chi connectivity index (χ0) is 24.0. The summed E-state index contributed by atoms with van der Waals surface area (Å²) in [6.45, 7) is -0.0295. The van der Waals surface area contributed by atoms with Crippen LogP contribution in [0.1, 0.15) is 11.1 Å². The van der Waals surface area contributed by atoms with Gasteiger partial charge in [0.25, 0.3) is 5.91 Å². The van der Waals surface area contributed by atoms with Gasteiger partial charge in [-0.2, -0.15) is 10.2 Å². The number of methoxy groups -OCH3 is 1. The van der Waals surface area contributed by atoms with Crippen LogP contribution in [0, 0.1) is 10.1 Å². The number of benzene rings is 2. The third kappa shape index (κ3) is 6.67. The van der Waals surface area contributed by atoms with Crippen LogP contribution in [0.25, 0.3) is 0 Å². The van der Waals surface area contributed by atoms with Gasteiger partial charge < -0.3 is 9.47 Å². The summed E-state index contributed by atoms with van der Waals surface area (Å²) in [5.41, 5.74) is 3.50. The number of aromatic nitrogens is 2. The summed E-state index contributed by atoms with van der Waals surface area (Å²) in [5, 5.41) is 19.3. The molecule has 10 nitrogen and oxygen atoms in total. The van der Waals surface area contributed by atoms with E-state index in [1.54, 1.807) is 30.3 Å². The number of nitrogens with one attached hydrogen (secondary N) is 1. The first kappa shape index (κ1) is 24.5. The molecule has 0 radical (unpaired) electrons. The Hall–Kier alpha value is -3.15. The molecule has 33 heavy (non-hydrogen) atoms. The van der Waals surface area contributed by atoms with Crippen LogP contribution < -0.4 is 14.9 Å². The molecule has 0 fully saturated rings. The monoisotopic (exact) mass is 555 g/mol. The maximum absolute atomic E-state index is 12.0. The summed E-state index contributed by atoms with van der Waals surface area (Å²) in [7, 11) is 1.50. The number of hydrazone groups is 1. The van der Waals surface area contributed by atoms with E-state index in [9.17, 15) is 14.9 Å². The fourth-order valence-corrected chi connectivity index (χ4v) is 3.67. The van der Waals surface area contributed by atoms with E-state index >= 15 is 0 Å². The lowest BCUT2D eigenvalue weighted by Gasteiger charge is -2.14. The zero-order valence-electron chi connectivity index (χ0n) is 17.0. The molecule has 1 N–H and O–H groups in total. The fraction of sp³-hybridized carbons (Fsp3) is 0.150. The summed E-state index contributed by atoms with van der Waals surface area (Å²) >= 11 is 15.6. The summed E-state index contributed by atoms with van der Waals surface area (Å²) in [6, 6.07) is 8.54. The van der Waals surface area contributed by atoms with Crippen molar-refractivity contribution in [3.63, 3.8) is 0 Å². The van der Waals surface area contributed by atoms with Crippen LogP contribution in [-0.2, 0) is 17.9 Å².